The van der Waals surface area contributed by atoms with Crippen LogP contribution in [-0.4, -0.2) is 42.3 Å². The van der Waals surface area contributed by atoms with Crippen molar-refractivity contribution in [3.8, 4) is 0 Å². The number of carbonyl (C=O) groups is 1. The van der Waals surface area contributed by atoms with Crippen LogP contribution in [0.4, 0.5) is 4.79 Å². The topological polar surface area (TPSA) is 52.6 Å². The predicted octanol–water partition coefficient (Wildman–Crippen LogP) is 2.21. The quantitative estimate of drug-likeness (QED) is 0.800. The lowest BCUT2D eigenvalue weighted by atomic mass is 9.97. The molecule has 1 heterocycles. The number of likely N-dealkylation sites (tertiary alicyclic amines) is 1. The van der Waals surface area contributed by atoms with E-state index in [4.69, 9.17) is 5.11 Å². The smallest absolute Gasteiger partial charge is 0.407 e. The van der Waals surface area contributed by atoms with Gasteiger partial charge in [0, 0.05) is 13.1 Å². The van der Waals surface area contributed by atoms with Crippen LogP contribution >= 0.6 is 0 Å². The van der Waals surface area contributed by atoms with Crippen molar-refractivity contribution in [2.45, 2.75) is 19.3 Å². The van der Waals surface area contributed by atoms with Crippen LogP contribution in [0, 0.1) is 5.92 Å². The van der Waals surface area contributed by atoms with E-state index in [0.29, 0.717) is 19.0 Å². The molecule has 4 nitrogen and oxygen atoms in total. The molecule has 1 amide bonds. The monoisotopic (exact) mass is 262 g/mol. The van der Waals surface area contributed by atoms with Crippen LogP contribution in [0.15, 0.2) is 30.3 Å². The molecule has 0 aromatic heterocycles. The third-order valence-corrected chi connectivity index (χ3v) is 3.75. The van der Waals surface area contributed by atoms with Gasteiger partial charge in [0.15, 0.2) is 0 Å². The Morgan fingerprint density at radius 1 is 1.26 bits per heavy atom. The minimum Gasteiger partial charge on any atom is -0.465 e. The molecule has 2 rings (SSSR count). The molecule has 2 N–H and O–H groups in total. The van der Waals surface area contributed by atoms with Gasteiger partial charge in [0.2, 0.25) is 0 Å². The number of hydrogen-bond donors (Lipinski definition) is 2. The molecule has 0 aliphatic carbocycles. The molecule has 0 unspecified atom stereocenters. The molecule has 1 saturated heterocycles. The van der Waals surface area contributed by atoms with Crippen LogP contribution in [0.3, 0.4) is 0 Å². The number of benzene rings is 1. The van der Waals surface area contributed by atoms with Gasteiger partial charge in [0.25, 0.3) is 0 Å². The number of carboxylic acid groups (broad SMARTS) is 1. The fourth-order valence-electron chi connectivity index (χ4n) is 2.51. The van der Waals surface area contributed by atoms with Crippen LogP contribution < -0.4 is 5.32 Å². The van der Waals surface area contributed by atoms with Gasteiger partial charge in [-0.3, -0.25) is 0 Å². The third-order valence-electron chi connectivity index (χ3n) is 3.75. The van der Waals surface area contributed by atoms with Crippen LogP contribution in [0.25, 0.3) is 0 Å². The molecule has 1 aliphatic heterocycles. The van der Waals surface area contributed by atoms with Crippen molar-refractivity contribution in [2.24, 2.45) is 5.92 Å². The predicted molar refractivity (Wildman–Crippen MR) is 75.3 cm³/mol. The first-order valence-corrected chi connectivity index (χ1v) is 6.98. The lowest BCUT2D eigenvalue weighted by Gasteiger charge is -2.30. The second-order valence-electron chi connectivity index (χ2n) is 5.15. The highest BCUT2D eigenvalue weighted by atomic mass is 16.4. The molecule has 0 spiro atoms. The maximum atomic E-state index is 10.8. The molecule has 0 bridgehead atoms. The van der Waals surface area contributed by atoms with Crippen LogP contribution in [0.2, 0.25) is 0 Å². The summed E-state index contributed by atoms with van der Waals surface area (Å²) in [4.78, 5) is 12.3. The summed E-state index contributed by atoms with van der Waals surface area (Å²) in [5.41, 5.74) is 1.36. The van der Waals surface area contributed by atoms with Crippen molar-refractivity contribution in [1.29, 1.82) is 0 Å². The molecule has 19 heavy (non-hydrogen) atoms. The van der Waals surface area contributed by atoms with Gasteiger partial charge >= 0.3 is 6.09 Å². The molecular weight excluding hydrogens is 240 g/mol. The molecule has 1 aliphatic rings. The van der Waals surface area contributed by atoms with Gasteiger partial charge in [-0.05, 0) is 43.8 Å². The first-order chi connectivity index (χ1) is 9.25. The minimum absolute atomic E-state index is 0.617. The maximum absolute atomic E-state index is 10.8. The van der Waals surface area contributed by atoms with E-state index >= 15 is 0 Å². The fraction of sp³-hybridized carbons (Fsp3) is 0.533. The van der Waals surface area contributed by atoms with E-state index < -0.39 is 6.09 Å². The molecule has 1 aromatic rings. The van der Waals surface area contributed by atoms with E-state index in [2.05, 4.69) is 29.6 Å². The Kier molecular flexibility index (Phi) is 5.21. The second-order valence-corrected chi connectivity index (χ2v) is 5.15. The summed E-state index contributed by atoms with van der Waals surface area (Å²) in [6.45, 7) is 3.35. The lowest BCUT2D eigenvalue weighted by molar-refractivity contribution is 0.124. The summed E-state index contributed by atoms with van der Waals surface area (Å²) in [6, 6.07) is 10.5. The third kappa shape index (κ3) is 4.56. The van der Waals surface area contributed by atoms with Crippen molar-refractivity contribution in [3.05, 3.63) is 35.9 Å². The van der Waals surface area contributed by atoms with Gasteiger partial charge in [-0.2, -0.15) is 0 Å². The molecule has 0 radical (unpaired) electrons. The number of piperidine rings is 1. The zero-order valence-electron chi connectivity index (χ0n) is 11.2. The van der Waals surface area contributed by atoms with E-state index in [-0.39, 0.29) is 0 Å². The van der Waals surface area contributed by atoms with E-state index in [0.717, 1.165) is 32.4 Å². The van der Waals surface area contributed by atoms with E-state index in [1.807, 2.05) is 6.07 Å². The lowest BCUT2D eigenvalue weighted by Crippen LogP contribution is -2.40. The van der Waals surface area contributed by atoms with Gasteiger partial charge in [0.05, 0.1) is 0 Å². The maximum Gasteiger partial charge on any atom is 0.407 e. The Morgan fingerprint density at radius 3 is 2.58 bits per heavy atom. The van der Waals surface area contributed by atoms with Crippen LogP contribution in [0.1, 0.15) is 18.4 Å². The first kappa shape index (κ1) is 13.9. The van der Waals surface area contributed by atoms with E-state index in [1.54, 1.807) is 0 Å². The standard InChI is InChI=1S/C15H22N2O2/c18-15(19)17-10-7-14(8-11-17)12-16-9-6-13-4-2-1-3-5-13/h1-5,14,16H,6-12H2,(H,18,19). The number of nitrogens with zero attached hydrogens (tertiary/aromatic N) is 1. The number of rotatable bonds is 5. The molecule has 1 fully saturated rings. The fourth-order valence-corrected chi connectivity index (χ4v) is 2.51. The van der Waals surface area contributed by atoms with Crippen LogP contribution in [0.5, 0.6) is 0 Å². The molecule has 0 atom stereocenters. The normalized spacial score (nSPS) is 16.5. The Balaban J connectivity index is 1.58. The number of amides is 1. The Hall–Kier alpha value is -1.55. The van der Waals surface area contributed by atoms with Gasteiger partial charge < -0.3 is 15.3 Å². The SMILES string of the molecule is O=C(O)N1CCC(CNCCc2ccccc2)CC1. The largest absolute Gasteiger partial charge is 0.465 e. The van der Waals surface area contributed by atoms with E-state index in [9.17, 15) is 4.79 Å². The first-order valence-electron chi connectivity index (χ1n) is 6.98. The summed E-state index contributed by atoms with van der Waals surface area (Å²) in [5, 5.41) is 12.4. The average Bonchev–Trinajstić information content (AvgIpc) is 2.45. The zero-order chi connectivity index (χ0) is 13.5. The summed E-state index contributed by atoms with van der Waals surface area (Å²) in [6.07, 6.45) is 2.22. The van der Waals surface area contributed by atoms with Crippen molar-refractivity contribution in [2.75, 3.05) is 26.2 Å². The van der Waals surface area contributed by atoms with Gasteiger partial charge in [0.1, 0.15) is 0 Å². The zero-order valence-corrected chi connectivity index (χ0v) is 11.2. The highest BCUT2D eigenvalue weighted by Gasteiger charge is 2.21. The second kappa shape index (κ2) is 7.14. The van der Waals surface area contributed by atoms with Crippen molar-refractivity contribution in [3.63, 3.8) is 0 Å². The van der Waals surface area contributed by atoms with Crippen LogP contribution in [-0.2, 0) is 6.42 Å². The summed E-state index contributed by atoms with van der Waals surface area (Å²) >= 11 is 0. The molecule has 104 valence electrons. The molecule has 1 aromatic carbocycles. The minimum atomic E-state index is -0.782. The Labute approximate surface area is 114 Å². The highest BCUT2D eigenvalue weighted by Crippen LogP contribution is 2.16. The molecule has 4 heteroatoms. The van der Waals surface area contributed by atoms with Gasteiger partial charge in [-0.1, -0.05) is 30.3 Å². The molecular formula is C15H22N2O2. The van der Waals surface area contributed by atoms with E-state index in [1.165, 1.54) is 10.5 Å². The number of hydrogen-bond acceptors (Lipinski definition) is 2. The summed E-state index contributed by atoms with van der Waals surface area (Å²) in [5.74, 6) is 0.617. The Morgan fingerprint density at radius 2 is 1.95 bits per heavy atom. The highest BCUT2D eigenvalue weighted by molar-refractivity contribution is 5.64. The van der Waals surface area contributed by atoms with Crippen molar-refractivity contribution >= 4 is 6.09 Å². The Bertz CT molecular complexity index is 386. The van der Waals surface area contributed by atoms with Crippen molar-refractivity contribution in [1.82, 2.24) is 10.2 Å². The summed E-state index contributed by atoms with van der Waals surface area (Å²) < 4.78 is 0. The van der Waals surface area contributed by atoms with Crippen molar-refractivity contribution < 1.29 is 9.90 Å². The molecule has 0 saturated carbocycles. The van der Waals surface area contributed by atoms with Gasteiger partial charge in [-0.25, -0.2) is 4.79 Å². The average molecular weight is 262 g/mol. The summed E-state index contributed by atoms with van der Waals surface area (Å²) in [7, 11) is 0. The number of nitrogens with one attached hydrogen (secondary N) is 1. The van der Waals surface area contributed by atoms with Gasteiger partial charge in [-0.15, -0.1) is 0 Å².